The normalized spacial score (nSPS) is 17.0. The van der Waals surface area contributed by atoms with E-state index >= 15 is 0 Å². The van der Waals surface area contributed by atoms with E-state index in [4.69, 9.17) is 23.1 Å². The molecule has 1 heterocycles. The molecule has 0 radical (unpaired) electrons. The Kier molecular flexibility index (Phi) is 8.32. The minimum Gasteiger partial charge on any atom is -0.405 e. The fourth-order valence-electron chi connectivity index (χ4n) is 3.25. The van der Waals surface area contributed by atoms with E-state index in [-0.39, 0.29) is 39.5 Å². The number of piperidine rings is 1. The number of carbonyl (C=O) groups excluding carboxylic acids is 3. The lowest BCUT2D eigenvalue weighted by molar-refractivity contribution is -0.104. The molecule has 9 heteroatoms. The Morgan fingerprint density at radius 2 is 1.97 bits per heavy atom. The van der Waals surface area contributed by atoms with E-state index in [0.29, 0.717) is 18.3 Å². The molecule has 160 valence electrons. The zero-order chi connectivity index (χ0) is 22.3. The molecule has 0 bridgehead atoms. The van der Waals surface area contributed by atoms with Gasteiger partial charge in [-0.2, -0.15) is 0 Å². The molecule has 8 nitrogen and oxygen atoms in total. The number of allylic oxidation sites excluding steroid dienone is 2. The Morgan fingerprint density at radius 3 is 2.53 bits per heavy atom. The van der Waals surface area contributed by atoms with Crippen LogP contribution >= 0.6 is 11.6 Å². The Hall–Kier alpha value is -2.97. The van der Waals surface area contributed by atoms with Crippen molar-refractivity contribution in [3.63, 3.8) is 0 Å². The predicted molar refractivity (Wildman–Crippen MR) is 118 cm³/mol. The molecular weight excluding hydrogens is 406 g/mol. The van der Waals surface area contributed by atoms with E-state index < -0.39 is 0 Å². The van der Waals surface area contributed by atoms with Crippen LogP contribution in [0.4, 0.5) is 5.69 Å². The number of aldehydes is 2. The summed E-state index contributed by atoms with van der Waals surface area (Å²) in [6.07, 6.45) is 5.32. The molecule has 4 N–H and O–H groups in total. The number of nitrogens with two attached hydrogens (primary N) is 2. The highest BCUT2D eigenvalue weighted by Gasteiger charge is 2.26. The van der Waals surface area contributed by atoms with Crippen LogP contribution in [0.1, 0.15) is 33.6 Å². The molecule has 0 saturated carbocycles. The van der Waals surface area contributed by atoms with Crippen molar-refractivity contribution in [2.75, 3.05) is 27.2 Å². The van der Waals surface area contributed by atoms with E-state index in [1.807, 2.05) is 7.05 Å². The first kappa shape index (κ1) is 23.3. The third kappa shape index (κ3) is 5.55. The molecule has 1 aromatic carbocycles. The highest BCUT2D eigenvalue weighted by atomic mass is 35.5. The van der Waals surface area contributed by atoms with Crippen LogP contribution in [0.15, 0.2) is 46.1 Å². The fraction of sp³-hybridized carbons (Fsp3) is 0.333. The van der Waals surface area contributed by atoms with Crippen LogP contribution < -0.4 is 11.5 Å². The molecule has 1 fully saturated rings. The predicted octanol–water partition coefficient (Wildman–Crippen LogP) is 1.82. The lowest BCUT2D eigenvalue weighted by Gasteiger charge is -2.35. The van der Waals surface area contributed by atoms with Gasteiger partial charge < -0.3 is 21.3 Å². The van der Waals surface area contributed by atoms with Crippen LogP contribution in [0.25, 0.3) is 0 Å². The molecule has 2 rings (SSSR count). The smallest absolute Gasteiger partial charge is 0.254 e. The number of likely N-dealkylation sites (tertiary alicyclic amines) is 1. The first-order valence-electron chi connectivity index (χ1n) is 9.45. The van der Waals surface area contributed by atoms with Crippen molar-refractivity contribution in [2.24, 2.45) is 16.5 Å². The van der Waals surface area contributed by atoms with Crippen LogP contribution in [-0.2, 0) is 4.79 Å². The van der Waals surface area contributed by atoms with E-state index in [0.717, 1.165) is 25.9 Å². The highest BCUT2D eigenvalue weighted by Crippen LogP contribution is 2.23. The zero-order valence-electron chi connectivity index (χ0n) is 17.0. The van der Waals surface area contributed by atoms with Gasteiger partial charge in [-0.3, -0.25) is 14.4 Å². The van der Waals surface area contributed by atoms with Gasteiger partial charge in [-0.25, -0.2) is 4.99 Å². The van der Waals surface area contributed by atoms with E-state index in [9.17, 15) is 14.4 Å². The van der Waals surface area contributed by atoms with Crippen LogP contribution in [0.3, 0.4) is 0 Å². The molecule has 0 aromatic heterocycles. The third-order valence-corrected chi connectivity index (χ3v) is 5.42. The molecule has 1 aliphatic heterocycles. The number of rotatable bonds is 7. The topological polar surface area (TPSA) is 122 Å². The lowest BCUT2D eigenvalue weighted by Crippen LogP contribution is -2.44. The SMILES string of the molecule is CN1CCC(N(C)C(=O)c2cc(N=C(N)/C(C=O)=C(Cl)/C=C\N)ccc2C=O)CC1. The molecule has 0 spiro atoms. The summed E-state index contributed by atoms with van der Waals surface area (Å²) < 4.78 is 0. The number of nitrogens with zero attached hydrogens (tertiary/aromatic N) is 3. The molecule has 1 saturated heterocycles. The average Bonchev–Trinajstić information content (AvgIpc) is 2.74. The Morgan fingerprint density at radius 1 is 1.30 bits per heavy atom. The molecule has 0 unspecified atom stereocenters. The third-order valence-electron chi connectivity index (χ3n) is 5.09. The summed E-state index contributed by atoms with van der Waals surface area (Å²) in [5.41, 5.74) is 12.0. The highest BCUT2D eigenvalue weighted by molar-refractivity contribution is 6.36. The Labute approximate surface area is 180 Å². The Bertz CT molecular complexity index is 902. The van der Waals surface area contributed by atoms with Crippen molar-refractivity contribution in [3.8, 4) is 0 Å². The number of amidine groups is 1. The molecule has 1 amide bonds. The molecule has 1 aliphatic rings. The maximum absolute atomic E-state index is 13.1. The van der Waals surface area contributed by atoms with Crippen LogP contribution in [0.2, 0.25) is 0 Å². The molecule has 30 heavy (non-hydrogen) atoms. The summed E-state index contributed by atoms with van der Waals surface area (Å²) in [5, 5.41) is 0.0385. The quantitative estimate of drug-likeness (QED) is 0.223. The molecule has 0 aliphatic carbocycles. The van der Waals surface area contributed by atoms with E-state index in [1.165, 1.54) is 30.5 Å². The second-order valence-electron chi connectivity index (χ2n) is 7.08. The van der Waals surface area contributed by atoms with Gasteiger partial charge >= 0.3 is 0 Å². The van der Waals surface area contributed by atoms with Gasteiger partial charge in [0.05, 0.1) is 21.9 Å². The fourth-order valence-corrected chi connectivity index (χ4v) is 3.47. The largest absolute Gasteiger partial charge is 0.405 e. The van der Waals surface area contributed by atoms with Crippen molar-refractivity contribution in [1.82, 2.24) is 9.80 Å². The average molecular weight is 432 g/mol. The van der Waals surface area contributed by atoms with Crippen molar-refractivity contribution < 1.29 is 14.4 Å². The van der Waals surface area contributed by atoms with Crippen molar-refractivity contribution in [2.45, 2.75) is 18.9 Å². The Balaban J connectivity index is 2.37. The minimum atomic E-state index is -0.266. The second-order valence-corrected chi connectivity index (χ2v) is 7.48. The monoisotopic (exact) mass is 431 g/mol. The standard InChI is InChI=1S/C21H26ClN5O3/c1-26-9-6-16(7-10-26)27(2)21(30)17-11-15(4-3-14(17)12-28)25-20(24)18(13-29)19(22)5-8-23/h3-5,8,11-13,16H,6-7,9-10,23H2,1-2H3,(H2,24,25)/b8-5-,19-18-. The zero-order valence-corrected chi connectivity index (χ0v) is 17.8. The summed E-state index contributed by atoms with van der Waals surface area (Å²) in [6, 6.07) is 4.62. The summed E-state index contributed by atoms with van der Waals surface area (Å²) in [4.78, 5) is 44.0. The van der Waals surface area contributed by atoms with Gasteiger partial charge in [-0.05, 0) is 63.5 Å². The number of benzene rings is 1. The van der Waals surface area contributed by atoms with Gasteiger partial charge in [-0.1, -0.05) is 11.6 Å². The van der Waals surface area contributed by atoms with Crippen molar-refractivity contribution in [3.05, 3.63) is 52.2 Å². The molecular formula is C21H26ClN5O3. The van der Waals surface area contributed by atoms with Gasteiger partial charge in [0.1, 0.15) is 5.84 Å². The first-order valence-corrected chi connectivity index (χ1v) is 9.82. The van der Waals surface area contributed by atoms with Crippen LogP contribution in [0, 0.1) is 0 Å². The summed E-state index contributed by atoms with van der Waals surface area (Å²) in [6.45, 7) is 1.81. The maximum Gasteiger partial charge on any atom is 0.254 e. The number of carbonyl (C=O) groups is 3. The number of hydrogen-bond acceptors (Lipinski definition) is 6. The van der Waals surface area contributed by atoms with Crippen LogP contribution in [-0.4, -0.2) is 67.3 Å². The summed E-state index contributed by atoms with van der Waals surface area (Å²) >= 11 is 5.99. The maximum atomic E-state index is 13.1. The summed E-state index contributed by atoms with van der Waals surface area (Å²) in [7, 11) is 3.79. The number of aliphatic imine (C=N–C) groups is 1. The number of hydrogen-bond donors (Lipinski definition) is 2. The molecule has 0 atom stereocenters. The number of halogens is 1. The first-order chi connectivity index (χ1) is 14.3. The lowest BCUT2D eigenvalue weighted by atomic mass is 10.0. The summed E-state index contributed by atoms with van der Waals surface area (Å²) in [5.74, 6) is -0.397. The van der Waals surface area contributed by atoms with Gasteiger partial charge in [0.15, 0.2) is 12.6 Å². The van der Waals surface area contributed by atoms with Gasteiger partial charge in [-0.15, -0.1) is 0 Å². The van der Waals surface area contributed by atoms with Gasteiger partial charge in [0, 0.05) is 18.7 Å². The van der Waals surface area contributed by atoms with Crippen molar-refractivity contribution in [1.29, 1.82) is 0 Å². The molecule has 1 aromatic rings. The number of amides is 1. The van der Waals surface area contributed by atoms with Gasteiger partial charge in [0.2, 0.25) is 0 Å². The van der Waals surface area contributed by atoms with E-state index in [1.54, 1.807) is 11.9 Å². The minimum absolute atomic E-state index is 0.0332. The second kappa shape index (κ2) is 10.7. The van der Waals surface area contributed by atoms with Crippen molar-refractivity contribution >= 4 is 41.6 Å². The van der Waals surface area contributed by atoms with Gasteiger partial charge in [0.25, 0.3) is 5.91 Å². The van der Waals surface area contributed by atoms with E-state index in [2.05, 4.69) is 9.89 Å². The van der Waals surface area contributed by atoms with Crippen LogP contribution in [0.5, 0.6) is 0 Å².